The molecule has 0 aromatic carbocycles. The average molecular weight is 181 g/mol. The maximum atomic E-state index is 4.18. The first-order valence-corrected chi connectivity index (χ1v) is 4.61. The van der Waals surface area contributed by atoms with Gasteiger partial charge in [-0.05, 0) is 20.8 Å². The van der Waals surface area contributed by atoms with E-state index in [0.29, 0.717) is 6.04 Å². The smallest absolute Gasteiger partial charge is 0.0582 e. The summed E-state index contributed by atoms with van der Waals surface area (Å²) >= 11 is 0. The highest BCUT2D eigenvalue weighted by Crippen LogP contribution is 2.08. The Kier molecular flexibility index (Phi) is 3.12. The van der Waals surface area contributed by atoms with E-state index in [1.54, 1.807) is 0 Å². The van der Waals surface area contributed by atoms with Crippen molar-refractivity contribution in [3.63, 3.8) is 0 Å². The van der Waals surface area contributed by atoms with Gasteiger partial charge in [0.05, 0.1) is 6.20 Å². The van der Waals surface area contributed by atoms with Crippen LogP contribution in [-0.2, 0) is 6.54 Å². The number of nitrogens with zero attached hydrogens (tertiary/aromatic N) is 2. The second kappa shape index (κ2) is 4.12. The minimum Gasteiger partial charge on any atom is -0.383 e. The van der Waals surface area contributed by atoms with Crippen LogP contribution < -0.4 is 5.32 Å². The molecule has 0 saturated carbocycles. The largest absolute Gasteiger partial charge is 0.383 e. The van der Waals surface area contributed by atoms with E-state index in [-0.39, 0.29) is 1.43 Å². The van der Waals surface area contributed by atoms with Gasteiger partial charge < -0.3 is 5.32 Å². The molecule has 13 heavy (non-hydrogen) atoms. The van der Waals surface area contributed by atoms with Gasteiger partial charge in [0.25, 0.3) is 0 Å². The summed E-state index contributed by atoms with van der Waals surface area (Å²) in [5.41, 5.74) is 2.00. The molecular weight excluding hydrogens is 162 g/mol. The second-order valence-electron chi connectivity index (χ2n) is 3.36. The second-order valence-corrected chi connectivity index (χ2v) is 3.36. The molecule has 0 bridgehead atoms. The molecule has 1 rings (SSSR count). The van der Waals surface area contributed by atoms with Crippen molar-refractivity contribution in [2.24, 2.45) is 0 Å². The maximum Gasteiger partial charge on any atom is 0.0582 e. The minimum atomic E-state index is 0. The predicted molar refractivity (Wildman–Crippen MR) is 57.3 cm³/mol. The zero-order valence-electron chi connectivity index (χ0n) is 8.54. The number of aromatic nitrogens is 2. The van der Waals surface area contributed by atoms with Crippen molar-refractivity contribution in [2.45, 2.75) is 33.4 Å². The Labute approximate surface area is 80.9 Å². The molecule has 0 aliphatic carbocycles. The lowest BCUT2D eigenvalue weighted by Gasteiger charge is -2.10. The molecule has 0 aliphatic heterocycles. The highest BCUT2D eigenvalue weighted by atomic mass is 15.3. The monoisotopic (exact) mass is 181 g/mol. The van der Waals surface area contributed by atoms with E-state index < -0.39 is 0 Å². The van der Waals surface area contributed by atoms with Gasteiger partial charge in [-0.25, -0.2) is 0 Å². The molecule has 0 atom stereocenters. The van der Waals surface area contributed by atoms with Gasteiger partial charge in [-0.2, -0.15) is 5.10 Å². The fraction of sp³-hybridized carbons (Fsp3) is 0.500. The Hall–Kier alpha value is -1.25. The lowest BCUT2D eigenvalue weighted by molar-refractivity contribution is 0.659. The van der Waals surface area contributed by atoms with Gasteiger partial charge in [0, 0.05) is 31.5 Å². The zero-order chi connectivity index (χ0) is 9.84. The summed E-state index contributed by atoms with van der Waals surface area (Å²) in [7, 11) is 0. The third-order valence-electron chi connectivity index (χ3n) is 1.77. The van der Waals surface area contributed by atoms with E-state index in [2.05, 4.69) is 37.8 Å². The number of rotatable bonds is 4. The third-order valence-corrected chi connectivity index (χ3v) is 1.77. The molecule has 0 saturated heterocycles. The molecule has 1 aromatic rings. The average Bonchev–Trinajstić information content (AvgIpc) is 2.50. The van der Waals surface area contributed by atoms with E-state index in [9.17, 15) is 0 Å². The van der Waals surface area contributed by atoms with Crippen molar-refractivity contribution in [3.05, 3.63) is 24.5 Å². The Balaban J connectivity index is 0.00000169. The Bertz CT molecular complexity index is 291. The molecule has 0 amide bonds. The molecular formula is C10H19N3. The van der Waals surface area contributed by atoms with Gasteiger partial charge in [-0.1, -0.05) is 6.58 Å². The van der Waals surface area contributed by atoms with E-state index in [0.717, 1.165) is 17.8 Å². The van der Waals surface area contributed by atoms with Crippen LogP contribution in [0.1, 0.15) is 27.8 Å². The summed E-state index contributed by atoms with van der Waals surface area (Å²) in [5.74, 6) is 0. The molecule has 3 heteroatoms. The summed E-state index contributed by atoms with van der Waals surface area (Å²) in [4.78, 5) is 0. The Morgan fingerprint density at radius 1 is 1.77 bits per heavy atom. The molecule has 0 radical (unpaired) electrons. The highest BCUT2D eigenvalue weighted by molar-refractivity contribution is 5.60. The molecule has 0 aliphatic rings. The molecule has 1 aromatic heterocycles. The van der Waals surface area contributed by atoms with Crippen molar-refractivity contribution >= 4 is 5.70 Å². The van der Waals surface area contributed by atoms with Gasteiger partial charge in [-0.3, -0.25) is 4.68 Å². The molecule has 1 N–H and O–H groups in total. The normalized spacial score (nSPS) is 10.5. The molecule has 1 heterocycles. The predicted octanol–water partition coefficient (Wildman–Crippen LogP) is 2.12. The summed E-state index contributed by atoms with van der Waals surface area (Å²) in [6.07, 6.45) is 3.83. The minimum absolute atomic E-state index is 0. The zero-order valence-corrected chi connectivity index (χ0v) is 8.54. The van der Waals surface area contributed by atoms with E-state index in [1.165, 1.54) is 0 Å². The highest BCUT2D eigenvalue weighted by Gasteiger charge is 2.02. The van der Waals surface area contributed by atoms with Crippen LogP contribution in [0.2, 0.25) is 0 Å². The van der Waals surface area contributed by atoms with Crippen molar-refractivity contribution in [2.75, 3.05) is 0 Å². The molecule has 3 nitrogen and oxygen atoms in total. The van der Waals surface area contributed by atoms with Crippen LogP contribution in [0.15, 0.2) is 19.0 Å². The molecule has 74 valence electrons. The van der Waals surface area contributed by atoms with Crippen LogP contribution in [0.5, 0.6) is 0 Å². The van der Waals surface area contributed by atoms with Crippen molar-refractivity contribution in [1.82, 2.24) is 15.1 Å². The first-order valence-electron chi connectivity index (χ1n) is 4.61. The summed E-state index contributed by atoms with van der Waals surface area (Å²) in [6.45, 7) is 11.1. The fourth-order valence-corrected chi connectivity index (χ4v) is 1.12. The topological polar surface area (TPSA) is 29.9 Å². The first kappa shape index (κ1) is 9.84. The lowest BCUT2D eigenvalue weighted by atomic mass is 10.2. The van der Waals surface area contributed by atoms with E-state index >= 15 is 0 Å². The maximum absolute atomic E-state index is 4.18. The molecule has 0 unspecified atom stereocenters. The number of hydrogen-bond donors (Lipinski definition) is 1. The standard InChI is InChI=1S/C10H17N3.H2/c1-5-13-7-10(6-11-13)9(4)12-8(2)3;/h6-8,12H,4-5H2,1-3H3;1H. The van der Waals surface area contributed by atoms with Gasteiger partial charge in [0.2, 0.25) is 0 Å². The van der Waals surface area contributed by atoms with Gasteiger partial charge in [-0.15, -0.1) is 0 Å². The summed E-state index contributed by atoms with van der Waals surface area (Å²) in [5, 5.41) is 7.43. The van der Waals surface area contributed by atoms with Crippen LogP contribution in [0.4, 0.5) is 0 Å². The molecule has 0 fully saturated rings. The van der Waals surface area contributed by atoms with Crippen LogP contribution in [-0.4, -0.2) is 15.8 Å². The number of nitrogens with one attached hydrogen (secondary N) is 1. The third kappa shape index (κ3) is 2.61. The SMILES string of the molecule is C=C(NC(C)C)c1cnn(CC)c1.[HH]. The quantitative estimate of drug-likeness (QED) is 0.771. The summed E-state index contributed by atoms with van der Waals surface area (Å²) in [6, 6.07) is 0.414. The first-order chi connectivity index (χ1) is 6.13. The van der Waals surface area contributed by atoms with Crippen molar-refractivity contribution in [1.29, 1.82) is 0 Å². The van der Waals surface area contributed by atoms with Crippen LogP contribution in [0.25, 0.3) is 5.70 Å². The van der Waals surface area contributed by atoms with Crippen LogP contribution in [0.3, 0.4) is 0 Å². The van der Waals surface area contributed by atoms with Crippen LogP contribution >= 0.6 is 0 Å². The number of aryl methyl sites for hydroxylation is 1. The van der Waals surface area contributed by atoms with Crippen molar-refractivity contribution < 1.29 is 1.43 Å². The Morgan fingerprint density at radius 3 is 2.92 bits per heavy atom. The van der Waals surface area contributed by atoms with Gasteiger partial charge in [0.1, 0.15) is 0 Å². The lowest BCUT2D eigenvalue weighted by Crippen LogP contribution is -2.19. The van der Waals surface area contributed by atoms with E-state index in [1.807, 2.05) is 17.1 Å². The van der Waals surface area contributed by atoms with Crippen molar-refractivity contribution in [3.8, 4) is 0 Å². The van der Waals surface area contributed by atoms with Crippen LogP contribution in [0, 0.1) is 0 Å². The summed E-state index contributed by atoms with van der Waals surface area (Å²) < 4.78 is 1.89. The molecule has 0 spiro atoms. The van der Waals surface area contributed by atoms with E-state index in [4.69, 9.17) is 0 Å². The van der Waals surface area contributed by atoms with Gasteiger partial charge in [0.15, 0.2) is 0 Å². The fourth-order valence-electron chi connectivity index (χ4n) is 1.12. The Morgan fingerprint density at radius 2 is 2.46 bits per heavy atom. The van der Waals surface area contributed by atoms with Gasteiger partial charge >= 0.3 is 0 Å². The number of hydrogen-bond acceptors (Lipinski definition) is 2.